The number of aliphatic imine (C=N–C) groups is 1. The first-order chi connectivity index (χ1) is 10.2. The highest BCUT2D eigenvalue weighted by Gasteiger charge is 2.36. The Morgan fingerprint density at radius 3 is 2.29 bits per heavy atom. The Kier molecular flexibility index (Phi) is 4.72. The number of guanidine groups is 1. The molecule has 4 heteroatoms. The van der Waals surface area contributed by atoms with E-state index < -0.39 is 5.60 Å². The predicted octanol–water partition coefficient (Wildman–Crippen LogP) is 2.38. The van der Waals surface area contributed by atoms with Crippen molar-refractivity contribution in [2.24, 2.45) is 16.8 Å². The van der Waals surface area contributed by atoms with Gasteiger partial charge in [-0.05, 0) is 37.5 Å². The Labute approximate surface area is 129 Å². The minimum Gasteiger partial charge on any atom is -0.388 e. The molecule has 4 nitrogen and oxygen atoms in total. The summed E-state index contributed by atoms with van der Waals surface area (Å²) in [4.78, 5) is 6.89. The van der Waals surface area contributed by atoms with Gasteiger partial charge in [-0.25, -0.2) is 0 Å². The fourth-order valence-electron chi connectivity index (χ4n) is 4.54. The summed E-state index contributed by atoms with van der Waals surface area (Å²) in [5.74, 6) is 2.74. The van der Waals surface area contributed by atoms with Crippen LogP contribution in [0, 0.1) is 11.8 Å². The average Bonchev–Trinajstić information content (AvgIpc) is 2.92. The molecule has 1 heterocycles. The smallest absolute Gasteiger partial charge is 0.193 e. The maximum absolute atomic E-state index is 10.6. The summed E-state index contributed by atoms with van der Waals surface area (Å²) in [7, 11) is 1.87. The van der Waals surface area contributed by atoms with Crippen LogP contribution in [0.2, 0.25) is 0 Å². The van der Waals surface area contributed by atoms with Crippen molar-refractivity contribution < 1.29 is 5.11 Å². The SMILES string of the molecule is CN=C(NCC1(O)CCCCC1)N1CC2CCCCC2C1. The van der Waals surface area contributed by atoms with Gasteiger partial charge in [0.1, 0.15) is 0 Å². The summed E-state index contributed by atoms with van der Waals surface area (Å²) in [5.41, 5.74) is -0.513. The van der Waals surface area contributed by atoms with E-state index in [9.17, 15) is 5.11 Å². The first-order valence-corrected chi connectivity index (χ1v) is 8.88. The zero-order valence-corrected chi connectivity index (χ0v) is 13.5. The largest absolute Gasteiger partial charge is 0.388 e. The van der Waals surface area contributed by atoms with Crippen LogP contribution < -0.4 is 5.32 Å². The molecule has 0 radical (unpaired) electrons. The monoisotopic (exact) mass is 293 g/mol. The normalized spacial score (nSPS) is 32.9. The molecule has 3 aliphatic rings. The molecule has 0 aromatic rings. The molecule has 120 valence electrons. The van der Waals surface area contributed by atoms with E-state index in [-0.39, 0.29) is 0 Å². The van der Waals surface area contributed by atoms with Gasteiger partial charge in [0.25, 0.3) is 0 Å². The summed E-state index contributed by atoms with van der Waals surface area (Å²) in [6.07, 6.45) is 11.0. The second kappa shape index (κ2) is 6.55. The molecule has 3 rings (SSSR count). The maximum atomic E-state index is 10.6. The van der Waals surface area contributed by atoms with E-state index >= 15 is 0 Å². The fraction of sp³-hybridized carbons (Fsp3) is 0.941. The lowest BCUT2D eigenvalue weighted by Gasteiger charge is -2.33. The molecule has 21 heavy (non-hydrogen) atoms. The van der Waals surface area contributed by atoms with Crippen LogP contribution in [0.25, 0.3) is 0 Å². The van der Waals surface area contributed by atoms with Crippen molar-refractivity contribution in [3.05, 3.63) is 0 Å². The van der Waals surface area contributed by atoms with Crippen LogP contribution in [0.3, 0.4) is 0 Å². The average molecular weight is 293 g/mol. The van der Waals surface area contributed by atoms with Crippen molar-refractivity contribution in [2.75, 3.05) is 26.7 Å². The molecule has 0 spiro atoms. The number of rotatable bonds is 2. The molecule has 2 N–H and O–H groups in total. The van der Waals surface area contributed by atoms with Crippen LogP contribution in [-0.2, 0) is 0 Å². The van der Waals surface area contributed by atoms with Crippen LogP contribution in [0.5, 0.6) is 0 Å². The van der Waals surface area contributed by atoms with Gasteiger partial charge in [-0.2, -0.15) is 0 Å². The van der Waals surface area contributed by atoms with E-state index in [1.165, 1.54) is 32.1 Å². The Bertz CT molecular complexity index is 362. The van der Waals surface area contributed by atoms with E-state index in [1.54, 1.807) is 0 Å². The summed E-state index contributed by atoms with van der Waals surface area (Å²) < 4.78 is 0. The number of hydrogen-bond donors (Lipinski definition) is 2. The van der Waals surface area contributed by atoms with Gasteiger partial charge >= 0.3 is 0 Å². The molecule has 2 saturated carbocycles. The van der Waals surface area contributed by atoms with Gasteiger partial charge in [0.2, 0.25) is 0 Å². The molecule has 1 aliphatic heterocycles. The first kappa shape index (κ1) is 15.1. The zero-order valence-electron chi connectivity index (χ0n) is 13.5. The highest BCUT2D eigenvalue weighted by Crippen LogP contribution is 2.36. The fourth-order valence-corrected chi connectivity index (χ4v) is 4.54. The molecule has 2 atom stereocenters. The van der Waals surface area contributed by atoms with Crippen molar-refractivity contribution in [1.29, 1.82) is 0 Å². The van der Waals surface area contributed by atoms with Crippen LogP contribution >= 0.6 is 0 Å². The summed E-state index contributed by atoms with van der Waals surface area (Å²) in [5, 5.41) is 14.1. The van der Waals surface area contributed by atoms with Gasteiger partial charge in [-0.15, -0.1) is 0 Å². The van der Waals surface area contributed by atoms with Gasteiger partial charge in [0.05, 0.1) is 5.60 Å². The lowest BCUT2D eigenvalue weighted by molar-refractivity contribution is 0.00818. The molecule has 2 unspecified atom stereocenters. The molecule has 0 amide bonds. The maximum Gasteiger partial charge on any atom is 0.193 e. The second-order valence-electron chi connectivity index (χ2n) is 7.40. The van der Waals surface area contributed by atoms with Gasteiger partial charge in [0, 0.05) is 26.7 Å². The number of aliphatic hydroxyl groups is 1. The zero-order chi connectivity index (χ0) is 14.7. The third kappa shape index (κ3) is 3.53. The predicted molar refractivity (Wildman–Crippen MR) is 86.4 cm³/mol. The minimum atomic E-state index is -0.513. The van der Waals surface area contributed by atoms with Crippen LogP contribution in [0.4, 0.5) is 0 Å². The van der Waals surface area contributed by atoms with E-state index in [4.69, 9.17) is 0 Å². The molecule has 2 aliphatic carbocycles. The molecule has 1 saturated heterocycles. The third-order valence-electron chi connectivity index (χ3n) is 5.85. The van der Waals surface area contributed by atoms with E-state index in [1.807, 2.05) is 7.05 Å². The molecule has 3 fully saturated rings. The van der Waals surface area contributed by atoms with Crippen molar-refractivity contribution in [3.8, 4) is 0 Å². The summed E-state index contributed by atoms with van der Waals surface area (Å²) in [6, 6.07) is 0. The van der Waals surface area contributed by atoms with Gasteiger partial charge in [0.15, 0.2) is 5.96 Å². The quantitative estimate of drug-likeness (QED) is 0.607. The Balaban J connectivity index is 1.53. The molecule has 0 aromatic carbocycles. The van der Waals surface area contributed by atoms with Crippen LogP contribution in [0.15, 0.2) is 4.99 Å². The van der Waals surface area contributed by atoms with Crippen molar-refractivity contribution in [2.45, 2.75) is 63.4 Å². The van der Waals surface area contributed by atoms with E-state index in [0.29, 0.717) is 6.54 Å². The third-order valence-corrected chi connectivity index (χ3v) is 5.85. The topological polar surface area (TPSA) is 47.9 Å². The number of fused-ring (bicyclic) bond motifs is 1. The van der Waals surface area contributed by atoms with Crippen molar-refractivity contribution >= 4 is 5.96 Å². The van der Waals surface area contributed by atoms with Crippen molar-refractivity contribution in [1.82, 2.24) is 10.2 Å². The minimum absolute atomic E-state index is 0.513. The lowest BCUT2D eigenvalue weighted by atomic mass is 9.82. The van der Waals surface area contributed by atoms with Crippen LogP contribution in [0.1, 0.15) is 57.8 Å². The molecular weight excluding hydrogens is 262 g/mol. The number of nitrogens with zero attached hydrogens (tertiary/aromatic N) is 2. The Hall–Kier alpha value is -0.770. The standard InChI is InChI=1S/C17H31N3O/c1-18-16(19-13-17(21)9-5-2-6-10-17)20-11-14-7-3-4-8-15(14)12-20/h14-15,21H,2-13H2,1H3,(H,18,19). The van der Waals surface area contributed by atoms with E-state index in [2.05, 4.69) is 15.2 Å². The van der Waals surface area contributed by atoms with Crippen LogP contribution in [-0.4, -0.2) is 48.2 Å². The van der Waals surface area contributed by atoms with Gasteiger partial charge < -0.3 is 15.3 Å². The second-order valence-corrected chi connectivity index (χ2v) is 7.40. The Morgan fingerprint density at radius 2 is 1.71 bits per heavy atom. The molecule has 0 aromatic heterocycles. The molecule has 0 bridgehead atoms. The number of likely N-dealkylation sites (tertiary alicyclic amines) is 1. The highest BCUT2D eigenvalue weighted by molar-refractivity contribution is 5.80. The lowest BCUT2D eigenvalue weighted by Crippen LogP contribution is -2.49. The van der Waals surface area contributed by atoms with Gasteiger partial charge in [-0.1, -0.05) is 32.1 Å². The molecular formula is C17H31N3O. The highest BCUT2D eigenvalue weighted by atomic mass is 16.3. The van der Waals surface area contributed by atoms with Gasteiger partial charge in [-0.3, -0.25) is 4.99 Å². The first-order valence-electron chi connectivity index (χ1n) is 8.88. The summed E-state index contributed by atoms with van der Waals surface area (Å²) in [6.45, 7) is 2.97. The number of hydrogen-bond acceptors (Lipinski definition) is 2. The Morgan fingerprint density at radius 1 is 1.10 bits per heavy atom. The number of nitrogens with one attached hydrogen (secondary N) is 1. The summed E-state index contributed by atoms with van der Waals surface area (Å²) >= 11 is 0. The van der Waals surface area contributed by atoms with E-state index in [0.717, 1.165) is 56.6 Å². The van der Waals surface area contributed by atoms with Crippen molar-refractivity contribution in [3.63, 3.8) is 0 Å².